The first kappa shape index (κ1) is 4.77. The molecule has 2 rings (SSSR count). The minimum atomic E-state index is 0.755. The van der Waals surface area contributed by atoms with Crippen LogP contribution in [0, 0.1) is 5.41 Å². The normalized spacial score (nSPS) is 33.0. The van der Waals surface area contributed by atoms with Crippen LogP contribution in [0.2, 0.25) is 0 Å². The molecule has 1 aliphatic carbocycles. The zero-order valence-electron chi connectivity index (χ0n) is 5.04. The summed E-state index contributed by atoms with van der Waals surface area (Å²) in [5.74, 6) is 0. The van der Waals surface area contributed by atoms with Crippen LogP contribution in [0.15, 0.2) is 0 Å². The highest BCUT2D eigenvalue weighted by Gasteiger charge is 2.42. The van der Waals surface area contributed by atoms with E-state index < -0.39 is 0 Å². The topological polar surface area (TPSA) is 24.1 Å². The monoisotopic (exact) mass is 112 g/mol. The van der Waals surface area contributed by atoms with Gasteiger partial charge in [-0.3, -0.25) is 10.9 Å². The summed E-state index contributed by atoms with van der Waals surface area (Å²) in [7, 11) is 0. The maximum absolute atomic E-state index is 3.19. The van der Waals surface area contributed by atoms with Crippen molar-refractivity contribution in [3.8, 4) is 0 Å². The fourth-order valence-electron chi connectivity index (χ4n) is 1.36. The van der Waals surface area contributed by atoms with E-state index in [1.165, 1.54) is 32.4 Å². The lowest BCUT2D eigenvalue weighted by atomic mass is 10.0. The quantitative estimate of drug-likeness (QED) is 0.470. The Hall–Kier alpha value is -0.0800. The summed E-state index contributed by atoms with van der Waals surface area (Å²) in [6, 6.07) is 0. The van der Waals surface area contributed by atoms with Crippen molar-refractivity contribution in [2.24, 2.45) is 5.41 Å². The minimum Gasteiger partial charge on any atom is -0.258 e. The van der Waals surface area contributed by atoms with E-state index in [1.807, 2.05) is 0 Å². The van der Waals surface area contributed by atoms with Gasteiger partial charge in [-0.05, 0) is 24.7 Å². The predicted molar refractivity (Wildman–Crippen MR) is 32.3 cm³/mol. The molecule has 1 saturated carbocycles. The van der Waals surface area contributed by atoms with Crippen LogP contribution in [0.1, 0.15) is 19.3 Å². The third-order valence-corrected chi connectivity index (χ3v) is 2.33. The van der Waals surface area contributed by atoms with Crippen molar-refractivity contribution in [1.29, 1.82) is 0 Å². The lowest BCUT2D eigenvalue weighted by Crippen LogP contribution is -2.43. The van der Waals surface area contributed by atoms with E-state index in [0.717, 1.165) is 5.41 Å². The van der Waals surface area contributed by atoms with Crippen molar-refractivity contribution in [3.05, 3.63) is 0 Å². The van der Waals surface area contributed by atoms with Crippen LogP contribution in [0.4, 0.5) is 0 Å². The molecule has 0 unspecified atom stereocenters. The van der Waals surface area contributed by atoms with Gasteiger partial charge in [0.1, 0.15) is 0 Å². The molecule has 0 atom stereocenters. The van der Waals surface area contributed by atoms with Crippen molar-refractivity contribution in [3.63, 3.8) is 0 Å². The second kappa shape index (κ2) is 1.45. The Labute approximate surface area is 49.6 Å². The maximum Gasteiger partial charge on any atom is 0.0157 e. The van der Waals surface area contributed by atoms with Crippen LogP contribution < -0.4 is 10.9 Å². The van der Waals surface area contributed by atoms with E-state index in [2.05, 4.69) is 10.9 Å². The van der Waals surface area contributed by atoms with Crippen LogP contribution in [0.5, 0.6) is 0 Å². The van der Waals surface area contributed by atoms with Crippen LogP contribution in [-0.4, -0.2) is 13.1 Å². The van der Waals surface area contributed by atoms with Gasteiger partial charge in [0.25, 0.3) is 0 Å². The van der Waals surface area contributed by atoms with Gasteiger partial charge in [-0.2, -0.15) is 0 Å². The highest BCUT2D eigenvalue weighted by molar-refractivity contribution is 4.96. The molecule has 0 bridgehead atoms. The molecule has 1 heterocycles. The molecular weight excluding hydrogens is 100 g/mol. The Morgan fingerprint density at radius 1 is 1.00 bits per heavy atom. The van der Waals surface area contributed by atoms with E-state index in [1.54, 1.807) is 0 Å². The number of nitrogens with one attached hydrogen (secondary N) is 2. The maximum atomic E-state index is 3.19. The van der Waals surface area contributed by atoms with Gasteiger partial charge in [-0.1, -0.05) is 0 Å². The number of hydrogen-bond acceptors (Lipinski definition) is 2. The van der Waals surface area contributed by atoms with E-state index in [-0.39, 0.29) is 0 Å². The van der Waals surface area contributed by atoms with Gasteiger partial charge in [0.2, 0.25) is 0 Å². The van der Waals surface area contributed by atoms with Gasteiger partial charge in [0.05, 0.1) is 0 Å². The molecular formula is C6H12N2. The third-order valence-electron chi connectivity index (χ3n) is 2.33. The van der Waals surface area contributed by atoms with E-state index in [4.69, 9.17) is 0 Å². The Kier molecular flexibility index (Phi) is 0.866. The first-order chi connectivity index (χ1) is 3.91. The predicted octanol–water partition coefficient (Wildman–Crippen LogP) is 0.265. The molecule has 2 heteroatoms. The Balaban J connectivity index is 1.95. The largest absolute Gasteiger partial charge is 0.258 e. The Morgan fingerprint density at radius 2 is 1.88 bits per heavy atom. The van der Waals surface area contributed by atoms with Gasteiger partial charge in [-0.15, -0.1) is 0 Å². The van der Waals surface area contributed by atoms with Crippen molar-refractivity contribution in [2.45, 2.75) is 19.3 Å². The van der Waals surface area contributed by atoms with Gasteiger partial charge in [0, 0.05) is 13.1 Å². The molecule has 1 saturated heterocycles. The van der Waals surface area contributed by atoms with Crippen molar-refractivity contribution < 1.29 is 0 Å². The highest BCUT2D eigenvalue weighted by atomic mass is 15.4. The summed E-state index contributed by atoms with van der Waals surface area (Å²) in [6.45, 7) is 2.37. The Morgan fingerprint density at radius 3 is 2.25 bits per heavy atom. The molecule has 0 aromatic heterocycles. The summed E-state index contributed by atoms with van der Waals surface area (Å²) in [4.78, 5) is 0. The van der Waals surface area contributed by atoms with Gasteiger partial charge in [-0.25, -0.2) is 0 Å². The molecule has 2 aliphatic rings. The smallest absolute Gasteiger partial charge is 0.0157 e. The molecule has 1 spiro atoms. The number of rotatable bonds is 0. The lowest BCUT2D eigenvalue weighted by molar-refractivity contribution is 0.317. The molecule has 1 aliphatic heterocycles. The Bertz CT molecular complexity index is 88.7. The summed E-state index contributed by atoms with van der Waals surface area (Å²) < 4.78 is 0. The average Bonchev–Trinajstić information content (AvgIpc) is 2.52. The number of hydrogen-bond donors (Lipinski definition) is 2. The van der Waals surface area contributed by atoms with E-state index in [9.17, 15) is 0 Å². The summed E-state index contributed by atoms with van der Waals surface area (Å²) in [5.41, 5.74) is 7.07. The molecule has 0 radical (unpaired) electrons. The summed E-state index contributed by atoms with van der Waals surface area (Å²) in [6.07, 6.45) is 4.31. The standard InChI is InChI=1S/C6H12N2/c1-2-6(1)3-4-7-8-5-6/h7-8H,1-5H2. The van der Waals surface area contributed by atoms with E-state index in [0.29, 0.717) is 0 Å². The third kappa shape index (κ3) is 0.644. The fraction of sp³-hybridized carbons (Fsp3) is 1.00. The van der Waals surface area contributed by atoms with Crippen molar-refractivity contribution >= 4 is 0 Å². The molecule has 0 aromatic carbocycles. The van der Waals surface area contributed by atoms with Crippen molar-refractivity contribution in [1.82, 2.24) is 10.9 Å². The van der Waals surface area contributed by atoms with Crippen LogP contribution in [0.3, 0.4) is 0 Å². The SMILES string of the molecule is C1CC2(CC2)CNN1. The molecule has 2 N–H and O–H groups in total. The second-order valence-electron chi connectivity index (χ2n) is 3.03. The first-order valence-corrected chi connectivity index (χ1v) is 3.37. The fourth-order valence-corrected chi connectivity index (χ4v) is 1.36. The van der Waals surface area contributed by atoms with Crippen LogP contribution in [-0.2, 0) is 0 Å². The molecule has 46 valence electrons. The molecule has 2 fully saturated rings. The van der Waals surface area contributed by atoms with Crippen molar-refractivity contribution in [2.75, 3.05) is 13.1 Å². The first-order valence-electron chi connectivity index (χ1n) is 3.37. The van der Waals surface area contributed by atoms with Crippen LogP contribution >= 0.6 is 0 Å². The summed E-state index contributed by atoms with van der Waals surface area (Å²) in [5, 5.41) is 0. The molecule has 2 nitrogen and oxygen atoms in total. The van der Waals surface area contributed by atoms with Crippen LogP contribution in [0.25, 0.3) is 0 Å². The lowest BCUT2D eigenvalue weighted by Gasteiger charge is -2.22. The summed E-state index contributed by atoms with van der Waals surface area (Å²) >= 11 is 0. The highest BCUT2D eigenvalue weighted by Crippen LogP contribution is 2.48. The zero-order valence-corrected chi connectivity index (χ0v) is 5.04. The molecule has 0 amide bonds. The number of hydrazine groups is 1. The zero-order chi connectivity index (χ0) is 5.45. The molecule has 8 heavy (non-hydrogen) atoms. The van der Waals surface area contributed by atoms with Gasteiger partial charge in [0.15, 0.2) is 0 Å². The van der Waals surface area contributed by atoms with Gasteiger partial charge < -0.3 is 0 Å². The second-order valence-corrected chi connectivity index (χ2v) is 3.03. The average molecular weight is 112 g/mol. The van der Waals surface area contributed by atoms with Gasteiger partial charge >= 0.3 is 0 Å². The van der Waals surface area contributed by atoms with E-state index >= 15 is 0 Å². The minimum absolute atomic E-state index is 0.755. The molecule has 0 aromatic rings.